The molecule has 1 amide bonds. The number of para-hydroxylation sites is 1. The maximum Gasteiger partial charge on any atom is 0.253 e. The first kappa shape index (κ1) is 22.4. The second-order valence-electron chi connectivity index (χ2n) is 8.99. The fraction of sp³-hybridized carbons (Fsp3) is 0.321. The van der Waals surface area contributed by atoms with Crippen LogP contribution in [-0.4, -0.2) is 42.2 Å². The van der Waals surface area contributed by atoms with Crippen molar-refractivity contribution in [2.45, 2.75) is 37.6 Å². The molecule has 6 heteroatoms. The van der Waals surface area contributed by atoms with E-state index in [9.17, 15) is 9.18 Å². The lowest BCUT2D eigenvalue weighted by Crippen LogP contribution is -2.46. The highest BCUT2D eigenvalue weighted by Crippen LogP contribution is 2.37. The largest absolute Gasteiger partial charge is 0.489 e. The Kier molecular flexibility index (Phi) is 6.50. The summed E-state index contributed by atoms with van der Waals surface area (Å²) in [7, 11) is 0. The third-order valence-electron chi connectivity index (χ3n) is 6.56. The number of rotatable bonds is 6. The van der Waals surface area contributed by atoms with Crippen molar-refractivity contribution >= 4 is 5.91 Å². The van der Waals surface area contributed by atoms with E-state index in [0.29, 0.717) is 31.0 Å². The third-order valence-corrected chi connectivity index (χ3v) is 6.56. The molecule has 3 aromatic rings. The number of ether oxygens (including phenoxy) is 3. The Labute approximate surface area is 199 Å². The maximum atomic E-state index is 13.4. The number of hydrogen-bond acceptors (Lipinski definition) is 4. The molecule has 1 spiro atoms. The number of carbonyl (C=O) groups is 1. The van der Waals surface area contributed by atoms with E-state index >= 15 is 0 Å². The Morgan fingerprint density at radius 2 is 1.74 bits per heavy atom. The molecule has 2 heterocycles. The number of amides is 1. The van der Waals surface area contributed by atoms with E-state index in [-0.39, 0.29) is 30.0 Å². The molecule has 2 fully saturated rings. The van der Waals surface area contributed by atoms with Crippen LogP contribution in [0.15, 0.2) is 78.9 Å². The minimum atomic E-state index is -0.294. The van der Waals surface area contributed by atoms with Gasteiger partial charge < -0.3 is 19.1 Å². The molecule has 34 heavy (non-hydrogen) atoms. The monoisotopic (exact) mass is 461 g/mol. The second kappa shape index (κ2) is 9.85. The Morgan fingerprint density at radius 1 is 0.971 bits per heavy atom. The predicted octanol–water partition coefficient (Wildman–Crippen LogP) is 5.25. The van der Waals surface area contributed by atoms with Gasteiger partial charge in [-0.15, -0.1) is 0 Å². The van der Waals surface area contributed by atoms with Crippen LogP contribution in [0.2, 0.25) is 0 Å². The lowest BCUT2D eigenvalue weighted by Gasteiger charge is -2.38. The number of piperidine rings is 1. The quantitative estimate of drug-likeness (QED) is 0.503. The van der Waals surface area contributed by atoms with Crippen molar-refractivity contribution < 1.29 is 23.4 Å². The van der Waals surface area contributed by atoms with Gasteiger partial charge in [0.25, 0.3) is 5.91 Å². The fourth-order valence-corrected chi connectivity index (χ4v) is 4.73. The summed E-state index contributed by atoms with van der Waals surface area (Å²) in [6, 6.07) is 23.3. The average Bonchev–Trinajstić information content (AvgIpc) is 3.25. The number of hydrogen-bond donors (Lipinski definition) is 0. The third kappa shape index (κ3) is 5.23. The summed E-state index contributed by atoms with van der Waals surface area (Å²) in [5, 5.41) is 0. The Bertz CT molecular complexity index is 1130. The lowest BCUT2D eigenvalue weighted by molar-refractivity contribution is -0.0395. The van der Waals surface area contributed by atoms with Gasteiger partial charge in [0.15, 0.2) is 0 Å². The summed E-state index contributed by atoms with van der Waals surface area (Å²) in [6.45, 7) is 2.11. The van der Waals surface area contributed by atoms with Gasteiger partial charge in [0, 0.05) is 25.1 Å². The number of likely N-dealkylation sites (tertiary alicyclic amines) is 1. The molecule has 0 aromatic heterocycles. The first-order valence-electron chi connectivity index (χ1n) is 11.7. The van der Waals surface area contributed by atoms with Gasteiger partial charge in [0.2, 0.25) is 0 Å². The molecule has 0 saturated carbocycles. The maximum absolute atomic E-state index is 13.4. The molecule has 176 valence electrons. The van der Waals surface area contributed by atoms with Crippen LogP contribution in [0.25, 0.3) is 0 Å². The molecule has 2 aliphatic heterocycles. The van der Waals surface area contributed by atoms with E-state index < -0.39 is 0 Å². The molecule has 0 bridgehead atoms. The fourth-order valence-electron chi connectivity index (χ4n) is 4.73. The van der Waals surface area contributed by atoms with Crippen LogP contribution in [0, 0.1) is 5.82 Å². The van der Waals surface area contributed by atoms with Crippen LogP contribution in [0.3, 0.4) is 0 Å². The van der Waals surface area contributed by atoms with Gasteiger partial charge >= 0.3 is 0 Å². The number of benzene rings is 3. The van der Waals surface area contributed by atoms with Gasteiger partial charge in [-0.3, -0.25) is 4.79 Å². The van der Waals surface area contributed by atoms with Crippen molar-refractivity contribution in [3.8, 4) is 11.5 Å². The summed E-state index contributed by atoms with van der Waals surface area (Å²) in [5.41, 5.74) is 1.11. The molecule has 0 N–H and O–H groups in total. The van der Waals surface area contributed by atoms with Gasteiger partial charge in [-0.05, 0) is 60.9 Å². The van der Waals surface area contributed by atoms with Crippen LogP contribution in [0.5, 0.6) is 11.5 Å². The Balaban J connectivity index is 1.15. The second-order valence-corrected chi connectivity index (χ2v) is 8.99. The van der Waals surface area contributed by atoms with Gasteiger partial charge in [-0.25, -0.2) is 4.39 Å². The highest BCUT2D eigenvalue weighted by atomic mass is 19.1. The van der Waals surface area contributed by atoms with E-state index in [2.05, 4.69) is 0 Å². The van der Waals surface area contributed by atoms with Crippen molar-refractivity contribution in [3.05, 3.63) is 95.8 Å². The zero-order valence-corrected chi connectivity index (χ0v) is 19.0. The van der Waals surface area contributed by atoms with E-state index in [1.165, 1.54) is 12.1 Å². The molecular formula is C28H28FNO4. The molecule has 1 unspecified atom stereocenters. The highest BCUT2D eigenvalue weighted by Gasteiger charge is 2.44. The molecule has 0 aliphatic carbocycles. The molecule has 2 saturated heterocycles. The molecule has 3 aromatic carbocycles. The van der Waals surface area contributed by atoms with Crippen LogP contribution in [0.1, 0.15) is 35.2 Å². The van der Waals surface area contributed by atoms with Crippen molar-refractivity contribution in [1.29, 1.82) is 0 Å². The van der Waals surface area contributed by atoms with Gasteiger partial charge in [0.1, 0.15) is 30.0 Å². The van der Waals surface area contributed by atoms with E-state index in [1.54, 1.807) is 24.3 Å². The molecular weight excluding hydrogens is 433 g/mol. The minimum absolute atomic E-state index is 0.0128. The smallest absolute Gasteiger partial charge is 0.253 e. The van der Waals surface area contributed by atoms with Crippen LogP contribution < -0.4 is 9.47 Å². The van der Waals surface area contributed by atoms with Gasteiger partial charge in [0.05, 0.1) is 12.2 Å². The normalized spacial score (nSPS) is 19.2. The number of carbonyl (C=O) groups excluding carboxylic acids is 1. The Hall–Kier alpha value is -3.38. The van der Waals surface area contributed by atoms with Crippen molar-refractivity contribution in [2.75, 3.05) is 19.7 Å². The molecule has 5 rings (SSSR count). The SMILES string of the molecule is O=C(c1cccc(OCc2cccc(F)c2)c1)N1CCC2(CC1)CC(Oc1ccccc1)CO2. The Morgan fingerprint density at radius 3 is 2.53 bits per heavy atom. The summed E-state index contributed by atoms with van der Waals surface area (Å²) in [4.78, 5) is 15.0. The van der Waals surface area contributed by atoms with Crippen LogP contribution in [-0.2, 0) is 11.3 Å². The van der Waals surface area contributed by atoms with Crippen LogP contribution in [0.4, 0.5) is 4.39 Å². The predicted molar refractivity (Wildman–Crippen MR) is 126 cm³/mol. The molecule has 0 radical (unpaired) electrons. The van der Waals surface area contributed by atoms with Gasteiger partial charge in [-0.2, -0.15) is 0 Å². The minimum Gasteiger partial charge on any atom is -0.489 e. The van der Waals surface area contributed by atoms with E-state index in [4.69, 9.17) is 14.2 Å². The molecule has 1 atom stereocenters. The van der Waals surface area contributed by atoms with Crippen molar-refractivity contribution in [3.63, 3.8) is 0 Å². The lowest BCUT2D eigenvalue weighted by atomic mass is 9.87. The van der Waals surface area contributed by atoms with Crippen molar-refractivity contribution in [1.82, 2.24) is 4.90 Å². The van der Waals surface area contributed by atoms with Crippen molar-refractivity contribution in [2.24, 2.45) is 0 Å². The zero-order chi connectivity index (χ0) is 23.4. The summed E-state index contributed by atoms with van der Waals surface area (Å²) >= 11 is 0. The molecule has 2 aliphatic rings. The average molecular weight is 462 g/mol. The topological polar surface area (TPSA) is 48.0 Å². The van der Waals surface area contributed by atoms with E-state index in [0.717, 1.165) is 30.6 Å². The standard InChI is InChI=1S/C28H28FNO4/c29-23-8-4-6-21(16-23)19-32-25-11-5-7-22(17-25)27(31)30-14-12-28(13-15-30)18-26(20-33-28)34-24-9-2-1-3-10-24/h1-11,16-17,26H,12-15,18-20H2. The van der Waals surface area contributed by atoms with Crippen LogP contribution >= 0.6 is 0 Å². The van der Waals surface area contributed by atoms with Gasteiger partial charge in [-0.1, -0.05) is 36.4 Å². The number of halogens is 1. The first-order valence-corrected chi connectivity index (χ1v) is 11.7. The summed E-state index contributed by atoms with van der Waals surface area (Å²) < 4.78 is 31.4. The summed E-state index contributed by atoms with van der Waals surface area (Å²) in [5.74, 6) is 1.14. The first-order chi connectivity index (χ1) is 16.6. The zero-order valence-electron chi connectivity index (χ0n) is 19.0. The number of nitrogens with zero attached hydrogens (tertiary/aromatic N) is 1. The highest BCUT2D eigenvalue weighted by molar-refractivity contribution is 5.94. The van der Waals surface area contributed by atoms with E-state index in [1.807, 2.05) is 47.4 Å². The summed E-state index contributed by atoms with van der Waals surface area (Å²) in [6.07, 6.45) is 2.47. The molecule has 5 nitrogen and oxygen atoms in total.